The van der Waals surface area contributed by atoms with Gasteiger partial charge in [0.25, 0.3) is 0 Å². The molecule has 1 aliphatic rings. The Kier molecular flexibility index (Phi) is 5.03. The van der Waals surface area contributed by atoms with Crippen molar-refractivity contribution in [3.8, 4) is 11.5 Å². The van der Waals surface area contributed by atoms with Gasteiger partial charge in [0.1, 0.15) is 5.82 Å². The average Bonchev–Trinajstić information content (AvgIpc) is 3.15. The lowest BCUT2D eigenvalue weighted by Crippen LogP contribution is -2.15. The van der Waals surface area contributed by atoms with E-state index in [4.69, 9.17) is 24.9 Å². The fourth-order valence-corrected chi connectivity index (χ4v) is 3.08. The van der Waals surface area contributed by atoms with Gasteiger partial charge in [0.15, 0.2) is 11.5 Å². The van der Waals surface area contributed by atoms with Crippen molar-refractivity contribution >= 4 is 11.0 Å². The highest BCUT2D eigenvalue weighted by Gasteiger charge is 2.22. The van der Waals surface area contributed by atoms with E-state index in [0.29, 0.717) is 25.7 Å². The van der Waals surface area contributed by atoms with Crippen molar-refractivity contribution in [2.75, 3.05) is 26.6 Å². The second-order valence-electron chi connectivity index (χ2n) is 5.73. The maximum Gasteiger partial charge on any atom is 0.231 e. The Morgan fingerprint density at radius 1 is 1.22 bits per heavy atom. The minimum atomic E-state index is 0.279. The van der Waals surface area contributed by atoms with E-state index in [9.17, 15) is 0 Å². The van der Waals surface area contributed by atoms with Gasteiger partial charge in [-0.3, -0.25) is 0 Å². The van der Waals surface area contributed by atoms with Crippen LogP contribution in [0.25, 0.3) is 11.0 Å². The van der Waals surface area contributed by atoms with Gasteiger partial charge in [-0.25, -0.2) is 4.98 Å². The number of nitrogens with two attached hydrogens (primary N) is 1. The smallest absolute Gasteiger partial charge is 0.231 e. The zero-order chi connectivity index (χ0) is 16.2. The molecule has 0 saturated heterocycles. The first-order chi connectivity index (χ1) is 11.3. The van der Waals surface area contributed by atoms with Crippen LogP contribution in [0.15, 0.2) is 12.1 Å². The molecule has 2 N–H and O–H groups in total. The fraction of sp³-hybridized carbons (Fsp3) is 0.588. The Bertz CT molecular complexity index is 665. The van der Waals surface area contributed by atoms with Gasteiger partial charge >= 0.3 is 0 Å². The molecule has 23 heavy (non-hydrogen) atoms. The molecule has 0 amide bonds. The van der Waals surface area contributed by atoms with Crippen molar-refractivity contribution in [1.82, 2.24) is 9.55 Å². The number of hydrogen-bond donors (Lipinski definition) is 1. The minimum Gasteiger partial charge on any atom is -0.454 e. The van der Waals surface area contributed by atoms with Gasteiger partial charge in [0.05, 0.1) is 24.2 Å². The second-order valence-corrected chi connectivity index (χ2v) is 5.73. The molecular weight excluding hydrogens is 294 g/mol. The molecule has 2 heterocycles. The van der Waals surface area contributed by atoms with Crippen LogP contribution >= 0.6 is 0 Å². The SMILES string of the molecule is CCC(CC)c1nc2cc3c(cc2n1CCOCCN)OCO3. The molecule has 0 bridgehead atoms. The molecule has 6 heteroatoms. The van der Waals surface area contributed by atoms with Gasteiger partial charge in [-0.05, 0) is 12.8 Å². The molecule has 0 aliphatic carbocycles. The predicted molar refractivity (Wildman–Crippen MR) is 89.1 cm³/mol. The highest BCUT2D eigenvalue weighted by Crippen LogP contribution is 2.37. The highest BCUT2D eigenvalue weighted by atomic mass is 16.7. The van der Waals surface area contributed by atoms with Gasteiger partial charge < -0.3 is 24.5 Å². The summed E-state index contributed by atoms with van der Waals surface area (Å²) in [6.45, 7) is 7.21. The lowest BCUT2D eigenvalue weighted by Gasteiger charge is -2.15. The summed E-state index contributed by atoms with van der Waals surface area (Å²) in [4.78, 5) is 4.88. The number of fused-ring (bicyclic) bond motifs is 2. The molecule has 1 aliphatic heterocycles. The average molecular weight is 319 g/mol. The summed E-state index contributed by atoms with van der Waals surface area (Å²) in [7, 11) is 0. The van der Waals surface area contributed by atoms with Crippen molar-refractivity contribution in [2.24, 2.45) is 5.73 Å². The van der Waals surface area contributed by atoms with E-state index in [2.05, 4.69) is 18.4 Å². The monoisotopic (exact) mass is 319 g/mol. The van der Waals surface area contributed by atoms with Crippen LogP contribution in [0.1, 0.15) is 38.4 Å². The third kappa shape index (κ3) is 3.14. The lowest BCUT2D eigenvalue weighted by molar-refractivity contribution is 0.133. The van der Waals surface area contributed by atoms with Crippen LogP contribution in [0.4, 0.5) is 0 Å². The number of hydrogen-bond acceptors (Lipinski definition) is 5. The Morgan fingerprint density at radius 2 is 1.96 bits per heavy atom. The molecule has 0 spiro atoms. The number of imidazole rings is 1. The molecule has 1 aromatic heterocycles. The summed E-state index contributed by atoms with van der Waals surface area (Å²) in [5, 5.41) is 0. The van der Waals surface area contributed by atoms with Crippen LogP contribution < -0.4 is 15.2 Å². The zero-order valence-electron chi connectivity index (χ0n) is 13.9. The van der Waals surface area contributed by atoms with Crippen LogP contribution in [-0.2, 0) is 11.3 Å². The van der Waals surface area contributed by atoms with E-state index in [-0.39, 0.29) is 6.79 Å². The number of ether oxygens (including phenoxy) is 3. The number of rotatable bonds is 8. The van der Waals surface area contributed by atoms with Gasteiger partial charge in [-0.1, -0.05) is 13.8 Å². The summed E-state index contributed by atoms with van der Waals surface area (Å²) in [6, 6.07) is 4.00. The molecule has 1 aromatic carbocycles. The van der Waals surface area contributed by atoms with E-state index in [1.54, 1.807) is 0 Å². The highest BCUT2D eigenvalue weighted by molar-refractivity contribution is 5.81. The van der Waals surface area contributed by atoms with Crippen molar-refractivity contribution in [3.05, 3.63) is 18.0 Å². The molecule has 0 atom stereocenters. The summed E-state index contributed by atoms with van der Waals surface area (Å²) in [5.41, 5.74) is 7.52. The van der Waals surface area contributed by atoms with E-state index in [1.165, 1.54) is 0 Å². The van der Waals surface area contributed by atoms with E-state index < -0.39 is 0 Å². The Labute approximate surface area is 136 Å². The Hall–Kier alpha value is -1.79. The van der Waals surface area contributed by atoms with E-state index >= 15 is 0 Å². The van der Waals surface area contributed by atoms with Crippen molar-refractivity contribution < 1.29 is 14.2 Å². The Balaban J connectivity index is 1.98. The lowest BCUT2D eigenvalue weighted by atomic mass is 10.0. The van der Waals surface area contributed by atoms with Crippen molar-refractivity contribution in [2.45, 2.75) is 39.2 Å². The van der Waals surface area contributed by atoms with E-state index in [0.717, 1.165) is 47.7 Å². The molecule has 0 fully saturated rings. The first-order valence-electron chi connectivity index (χ1n) is 8.36. The van der Waals surface area contributed by atoms with Crippen LogP contribution in [-0.4, -0.2) is 36.1 Å². The normalized spacial score (nSPS) is 13.4. The first-order valence-corrected chi connectivity index (χ1v) is 8.36. The van der Waals surface area contributed by atoms with Crippen molar-refractivity contribution in [3.63, 3.8) is 0 Å². The molecule has 0 unspecified atom stereocenters. The minimum absolute atomic E-state index is 0.279. The second kappa shape index (κ2) is 7.19. The topological polar surface area (TPSA) is 71.5 Å². The van der Waals surface area contributed by atoms with Gasteiger partial charge in [0.2, 0.25) is 6.79 Å². The molecule has 6 nitrogen and oxygen atoms in total. The first kappa shape index (κ1) is 16.1. The zero-order valence-corrected chi connectivity index (χ0v) is 13.9. The van der Waals surface area contributed by atoms with Gasteiger partial charge in [0, 0.05) is 31.1 Å². The van der Waals surface area contributed by atoms with Crippen LogP contribution in [0.5, 0.6) is 11.5 Å². The molecule has 3 rings (SSSR count). The fourth-order valence-electron chi connectivity index (χ4n) is 3.08. The Morgan fingerprint density at radius 3 is 2.65 bits per heavy atom. The molecule has 0 saturated carbocycles. The summed E-state index contributed by atoms with van der Waals surface area (Å²) < 4.78 is 18.8. The van der Waals surface area contributed by atoms with Crippen LogP contribution in [0.2, 0.25) is 0 Å². The third-order valence-electron chi connectivity index (χ3n) is 4.34. The maximum absolute atomic E-state index is 5.57. The van der Waals surface area contributed by atoms with Gasteiger partial charge in [-0.2, -0.15) is 0 Å². The summed E-state index contributed by atoms with van der Waals surface area (Å²) in [5.74, 6) is 3.12. The quantitative estimate of drug-likeness (QED) is 0.757. The number of nitrogens with zero attached hydrogens (tertiary/aromatic N) is 2. The molecule has 2 aromatic rings. The third-order valence-corrected chi connectivity index (χ3v) is 4.34. The molecule has 126 valence electrons. The van der Waals surface area contributed by atoms with Crippen LogP contribution in [0.3, 0.4) is 0 Å². The largest absolute Gasteiger partial charge is 0.454 e. The molecular formula is C17H25N3O3. The number of aromatic nitrogens is 2. The number of benzene rings is 1. The van der Waals surface area contributed by atoms with Crippen molar-refractivity contribution in [1.29, 1.82) is 0 Å². The predicted octanol–water partition coefficient (Wildman–Crippen LogP) is 2.64. The maximum atomic E-state index is 5.57. The van der Waals surface area contributed by atoms with E-state index in [1.807, 2.05) is 12.1 Å². The molecule has 0 radical (unpaired) electrons. The summed E-state index contributed by atoms with van der Waals surface area (Å²) >= 11 is 0. The van der Waals surface area contributed by atoms with Crippen LogP contribution in [0, 0.1) is 0 Å². The summed E-state index contributed by atoms with van der Waals surface area (Å²) in [6.07, 6.45) is 2.13. The van der Waals surface area contributed by atoms with Gasteiger partial charge in [-0.15, -0.1) is 0 Å². The standard InChI is InChI=1S/C17H25N3O3/c1-3-12(4-2)17-19-13-9-15-16(23-11-22-15)10-14(13)20(17)6-8-21-7-5-18/h9-10,12H,3-8,11,18H2,1-2H3.